The van der Waals surface area contributed by atoms with Gasteiger partial charge in [-0.15, -0.1) is 10.2 Å². The molecule has 0 aliphatic heterocycles. The van der Waals surface area contributed by atoms with Crippen molar-refractivity contribution in [3.63, 3.8) is 0 Å². The largest absolute Gasteiger partial charge is 0.508 e. The number of phenolic OH excluding ortho intramolecular Hbond substituents is 2. The van der Waals surface area contributed by atoms with Gasteiger partial charge in [-0.2, -0.15) is 0 Å². The molecule has 35 heavy (non-hydrogen) atoms. The molecule has 6 aromatic rings. The molecular weight excluding hydrogens is 440 g/mol. The Hall–Kier alpha value is -4.72. The molecule has 0 spiro atoms. The maximum atomic E-state index is 10.6. The average molecular weight is 463 g/mol. The van der Waals surface area contributed by atoms with E-state index in [1.807, 2.05) is 74.8 Å². The molecule has 0 atom stereocenters. The van der Waals surface area contributed by atoms with Crippen LogP contribution < -0.4 is 0 Å². The van der Waals surface area contributed by atoms with E-state index in [0.717, 1.165) is 55.4 Å². The number of nitrogens with zero attached hydrogens (tertiary/aromatic N) is 6. The van der Waals surface area contributed by atoms with Gasteiger partial charge in [0.25, 0.3) is 0 Å². The van der Waals surface area contributed by atoms with E-state index in [-0.39, 0.29) is 11.5 Å². The van der Waals surface area contributed by atoms with E-state index in [1.165, 1.54) is 0 Å². The van der Waals surface area contributed by atoms with E-state index in [0.29, 0.717) is 6.42 Å². The molecule has 172 valence electrons. The van der Waals surface area contributed by atoms with Gasteiger partial charge in [0.15, 0.2) is 0 Å². The van der Waals surface area contributed by atoms with Crippen LogP contribution in [0.15, 0.2) is 72.8 Å². The molecule has 0 bridgehead atoms. The molecule has 0 aliphatic carbocycles. The summed E-state index contributed by atoms with van der Waals surface area (Å²) in [4.78, 5) is 0. The Morgan fingerprint density at radius 2 is 0.971 bits per heavy atom. The highest BCUT2D eigenvalue weighted by Gasteiger charge is 2.12. The third kappa shape index (κ3) is 3.65. The first-order valence-corrected chi connectivity index (χ1v) is 11.2. The molecule has 0 saturated carbocycles. The van der Waals surface area contributed by atoms with Gasteiger partial charge in [-0.1, -0.05) is 34.7 Å². The van der Waals surface area contributed by atoms with Gasteiger partial charge in [-0.3, -0.25) is 0 Å². The summed E-state index contributed by atoms with van der Waals surface area (Å²) in [6, 6.07) is 23.0. The van der Waals surface area contributed by atoms with Gasteiger partial charge in [0.1, 0.15) is 22.5 Å². The maximum absolute atomic E-state index is 10.6. The van der Waals surface area contributed by atoms with Crippen LogP contribution in [0.4, 0.5) is 0 Å². The molecular formula is C27H22N6O2. The maximum Gasteiger partial charge on any atom is 0.119 e. The Balaban J connectivity index is 1.37. The van der Waals surface area contributed by atoms with Gasteiger partial charge in [-0.05, 0) is 81.9 Å². The molecule has 0 fully saturated rings. The molecule has 0 unspecified atom stereocenters. The normalized spacial score (nSPS) is 11.5. The number of phenols is 2. The first kappa shape index (κ1) is 20.9. The minimum Gasteiger partial charge on any atom is -0.508 e. The molecule has 6 rings (SSSR count). The monoisotopic (exact) mass is 462 g/mol. The number of hydrogen-bond donors (Lipinski definition) is 2. The molecule has 4 aromatic carbocycles. The standard InChI is InChI=1S/C27H22N6O2/c1-32-24-14-18(3-7-22(24)28-30-32)16-5-9-26(34)20(11-16)13-21-12-17(6-10-27(21)35)19-4-8-23-25(15-19)33(2)31-29-23/h3-12,14-15,34-35H,13H2,1-2H3. The van der Waals surface area contributed by atoms with Crippen LogP contribution in [0.1, 0.15) is 11.1 Å². The zero-order valence-corrected chi connectivity index (χ0v) is 19.2. The van der Waals surface area contributed by atoms with E-state index in [4.69, 9.17) is 0 Å². The number of aromatic hydroxyl groups is 2. The van der Waals surface area contributed by atoms with E-state index >= 15 is 0 Å². The molecule has 8 nitrogen and oxygen atoms in total. The molecule has 2 heterocycles. The zero-order chi connectivity index (χ0) is 24.1. The first-order valence-electron chi connectivity index (χ1n) is 11.2. The number of hydrogen-bond acceptors (Lipinski definition) is 6. The number of aromatic nitrogens is 6. The van der Waals surface area contributed by atoms with Gasteiger partial charge in [-0.25, -0.2) is 9.36 Å². The molecule has 2 N–H and O–H groups in total. The molecule has 8 heteroatoms. The van der Waals surface area contributed by atoms with Crippen molar-refractivity contribution < 1.29 is 10.2 Å². The van der Waals surface area contributed by atoms with Crippen molar-refractivity contribution in [2.24, 2.45) is 14.1 Å². The molecule has 0 amide bonds. The van der Waals surface area contributed by atoms with Crippen molar-refractivity contribution in [2.75, 3.05) is 0 Å². The quantitative estimate of drug-likeness (QED) is 0.397. The van der Waals surface area contributed by atoms with Crippen molar-refractivity contribution in [2.45, 2.75) is 6.42 Å². The minimum absolute atomic E-state index is 0.184. The summed E-state index contributed by atoms with van der Waals surface area (Å²) in [5.41, 5.74) is 8.91. The van der Waals surface area contributed by atoms with Gasteiger partial charge in [0, 0.05) is 20.5 Å². The second-order valence-corrected chi connectivity index (χ2v) is 8.70. The highest BCUT2D eigenvalue weighted by Crippen LogP contribution is 2.33. The summed E-state index contributed by atoms with van der Waals surface area (Å²) in [6.07, 6.45) is 0.379. The van der Waals surface area contributed by atoms with Crippen molar-refractivity contribution in [1.29, 1.82) is 0 Å². The van der Waals surface area contributed by atoms with Crippen LogP contribution in [0.3, 0.4) is 0 Å². The fraction of sp³-hybridized carbons (Fsp3) is 0.111. The Kier molecular flexibility index (Phi) is 4.74. The van der Waals surface area contributed by atoms with E-state index < -0.39 is 0 Å². The number of rotatable bonds is 4. The van der Waals surface area contributed by atoms with Crippen molar-refractivity contribution in [3.05, 3.63) is 83.9 Å². The molecule has 0 saturated heterocycles. The summed E-state index contributed by atoms with van der Waals surface area (Å²) in [6.45, 7) is 0. The summed E-state index contributed by atoms with van der Waals surface area (Å²) in [5.74, 6) is 0.369. The first-order chi connectivity index (χ1) is 17.0. The van der Waals surface area contributed by atoms with E-state index in [1.54, 1.807) is 21.5 Å². The highest BCUT2D eigenvalue weighted by atomic mass is 16.3. The van der Waals surface area contributed by atoms with Crippen molar-refractivity contribution >= 4 is 22.1 Å². The van der Waals surface area contributed by atoms with Crippen molar-refractivity contribution in [3.8, 4) is 33.8 Å². The van der Waals surface area contributed by atoms with Crippen LogP contribution in [0.25, 0.3) is 44.3 Å². The lowest BCUT2D eigenvalue weighted by molar-refractivity contribution is 0.463. The van der Waals surface area contributed by atoms with Crippen LogP contribution in [-0.2, 0) is 20.5 Å². The number of fused-ring (bicyclic) bond motifs is 2. The summed E-state index contributed by atoms with van der Waals surface area (Å²) >= 11 is 0. The third-order valence-electron chi connectivity index (χ3n) is 6.43. The fourth-order valence-electron chi connectivity index (χ4n) is 4.44. The zero-order valence-electron chi connectivity index (χ0n) is 19.2. The van der Waals surface area contributed by atoms with Crippen LogP contribution in [0.2, 0.25) is 0 Å². The SMILES string of the molecule is Cn1nnc2ccc(-c3ccc(O)c(Cc4cc(-c5ccc6nnn(C)c6c5)ccc4O)c3)cc21. The molecule has 2 aromatic heterocycles. The third-order valence-corrected chi connectivity index (χ3v) is 6.43. The summed E-state index contributed by atoms with van der Waals surface area (Å²) in [7, 11) is 3.72. The summed E-state index contributed by atoms with van der Waals surface area (Å²) < 4.78 is 3.48. The summed E-state index contributed by atoms with van der Waals surface area (Å²) in [5, 5.41) is 37.6. The minimum atomic E-state index is 0.184. The van der Waals surface area contributed by atoms with Crippen molar-refractivity contribution in [1.82, 2.24) is 30.0 Å². The smallest absolute Gasteiger partial charge is 0.119 e. The second kappa shape index (κ2) is 7.95. The Morgan fingerprint density at radius 3 is 1.43 bits per heavy atom. The number of benzene rings is 4. The Bertz CT molecular complexity index is 1610. The Labute approximate surface area is 200 Å². The Morgan fingerprint density at radius 1 is 0.571 bits per heavy atom. The van der Waals surface area contributed by atoms with E-state index in [2.05, 4.69) is 20.6 Å². The van der Waals surface area contributed by atoms with Crippen LogP contribution in [0, 0.1) is 0 Å². The fourth-order valence-corrected chi connectivity index (χ4v) is 4.44. The van der Waals surface area contributed by atoms with Gasteiger partial charge in [0.2, 0.25) is 0 Å². The topological polar surface area (TPSA) is 102 Å². The second-order valence-electron chi connectivity index (χ2n) is 8.70. The highest BCUT2D eigenvalue weighted by molar-refractivity contribution is 5.83. The van der Waals surface area contributed by atoms with Gasteiger partial charge >= 0.3 is 0 Å². The van der Waals surface area contributed by atoms with E-state index in [9.17, 15) is 10.2 Å². The predicted octanol–water partition coefficient (Wildman–Crippen LogP) is 4.59. The molecule has 0 radical (unpaired) electrons. The average Bonchev–Trinajstić information content (AvgIpc) is 3.43. The van der Waals surface area contributed by atoms with Gasteiger partial charge < -0.3 is 10.2 Å². The number of aryl methyl sites for hydroxylation is 2. The lowest BCUT2D eigenvalue weighted by atomic mass is 9.95. The molecule has 0 aliphatic rings. The predicted molar refractivity (Wildman–Crippen MR) is 134 cm³/mol. The van der Waals surface area contributed by atoms with Crippen LogP contribution >= 0.6 is 0 Å². The van der Waals surface area contributed by atoms with Crippen LogP contribution in [-0.4, -0.2) is 40.2 Å². The lowest BCUT2D eigenvalue weighted by Crippen LogP contribution is -1.93. The lowest BCUT2D eigenvalue weighted by Gasteiger charge is -2.12. The van der Waals surface area contributed by atoms with Gasteiger partial charge in [0.05, 0.1) is 11.0 Å². The van der Waals surface area contributed by atoms with Crippen LogP contribution in [0.5, 0.6) is 11.5 Å².